The van der Waals surface area contributed by atoms with E-state index in [2.05, 4.69) is 50.2 Å². The third-order valence-electron chi connectivity index (χ3n) is 3.66. The summed E-state index contributed by atoms with van der Waals surface area (Å²) >= 11 is 0. The van der Waals surface area contributed by atoms with Crippen LogP contribution >= 0.6 is 0 Å². The van der Waals surface area contributed by atoms with Crippen LogP contribution in [0.4, 0.5) is 0 Å². The number of aryl methyl sites for hydroxylation is 1. The fraction of sp³-hybridized carbons (Fsp3) is 0.294. The smallest absolute Gasteiger partial charge is 0.0528 e. The molecule has 0 saturated heterocycles. The molecule has 1 unspecified atom stereocenters. The molecule has 2 aromatic rings. The fourth-order valence-corrected chi connectivity index (χ4v) is 2.32. The molecule has 0 heterocycles. The minimum atomic E-state index is -0.215. The highest BCUT2D eigenvalue weighted by Crippen LogP contribution is 2.28. The van der Waals surface area contributed by atoms with Crippen molar-refractivity contribution in [2.75, 3.05) is 6.61 Å². The van der Waals surface area contributed by atoms with Gasteiger partial charge in [0.15, 0.2) is 0 Å². The second kappa shape index (κ2) is 5.36. The predicted molar refractivity (Wildman–Crippen MR) is 75.8 cm³/mol. The first-order valence-corrected chi connectivity index (χ1v) is 6.36. The highest BCUT2D eigenvalue weighted by atomic mass is 16.3. The molecule has 0 aromatic heterocycles. The monoisotopic (exact) mass is 240 g/mol. The van der Waals surface area contributed by atoms with E-state index in [4.69, 9.17) is 0 Å². The van der Waals surface area contributed by atoms with E-state index >= 15 is 0 Å². The molecule has 2 aromatic carbocycles. The average Bonchev–Trinajstić information content (AvgIpc) is 2.42. The lowest BCUT2D eigenvalue weighted by Gasteiger charge is -2.28. The Morgan fingerprint density at radius 2 is 1.56 bits per heavy atom. The molecule has 2 rings (SSSR count). The van der Waals surface area contributed by atoms with Gasteiger partial charge in [0.1, 0.15) is 0 Å². The van der Waals surface area contributed by atoms with E-state index in [-0.39, 0.29) is 12.0 Å². The Kier molecular flexibility index (Phi) is 3.83. The van der Waals surface area contributed by atoms with Gasteiger partial charge < -0.3 is 5.11 Å². The van der Waals surface area contributed by atoms with Gasteiger partial charge in [-0.05, 0) is 30.0 Å². The fourth-order valence-electron chi connectivity index (χ4n) is 2.32. The van der Waals surface area contributed by atoms with Crippen LogP contribution < -0.4 is 0 Å². The molecule has 94 valence electrons. The number of benzene rings is 2. The summed E-state index contributed by atoms with van der Waals surface area (Å²) in [6.07, 6.45) is 0.861. The Morgan fingerprint density at radius 1 is 0.944 bits per heavy atom. The van der Waals surface area contributed by atoms with E-state index in [1.165, 1.54) is 16.7 Å². The minimum absolute atomic E-state index is 0.158. The molecular formula is C17H20O. The van der Waals surface area contributed by atoms with E-state index in [0.717, 1.165) is 6.42 Å². The van der Waals surface area contributed by atoms with Crippen LogP contribution in [0.1, 0.15) is 23.6 Å². The molecule has 0 amide bonds. The lowest BCUT2D eigenvalue weighted by Crippen LogP contribution is -2.29. The van der Waals surface area contributed by atoms with Crippen LogP contribution in [-0.4, -0.2) is 11.7 Å². The minimum Gasteiger partial charge on any atom is -0.395 e. The summed E-state index contributed by atoms with van der Waals surface area (Å²) in [7, 11) is 0. The lowest BCUT2D eigenvalue weighted by molar-refractivity contribution is 0.204. The van der Waals surface area contributed by atoms with Crippen LogP contribution in [0, 0.1) is 6.92 Å². The van der Waals surface area contributed by atoms with E-state index in [1.54, 1.807) is 0 Å². The van der Waals surface area contributed by atoms with Crippen molar-refractivity contribution >= 4 is 0 Å². The van der Waals surface area contributed by atoms with Gasteiger partial charge in [0.2, 0.25) is 0 Å². The van der Waals surface area contributed by atoms with Crippen molar-refractivity contribution in [3.8, 4) is 0 Å². The largest absolute Gasteiger partial charge is 0.395 e. The molecule has 0 aliphatic rings. The second-order valence-corrected chi connectivity index (χ2v) is 5.19. The number of aliphatic hydroxyl groups is 1. The summed E-state index contributed by atoms with van der Waals surface area (Å²) in [5, 5.41) is 9.79. The Hall–Kier alpha value is -1.60. The molecule has 0 spiro atoms. The van der Waals surface area contributed by atoms with Gasteiger partial charge in [-0.3, -0.25) is 0 Å². The summed E-state index contributed by atoms with van der Waals surface area (Å²) in [6, 6.07) is 18.6. The van der Waals surface area contributed by atoms with Gasteiger partial charge in [0.25, 0.3) is 0 Å². The first kappa shape index (κ1) is 12.8. The molecule has 0 radical (unpaired) electrons. The van der Waals surface area contributed by atoms with Crippen molar-refractivity contribution in [2.24, 2.45) is 0 Å². The van der Waals surface area contributed by atoms with Crippen LogP contribution in [0.15, 0.2) is 54.6 Å². The third kappa shape index (κ3) is 2.62. The maximum absolute atomic E-state index is 9.79. The van der Waals surface area contributed by atoms with Crippen molar-refractivity contribution in [2.45, 2.75) is 25.7 Å². The second-order valence-electron chi connectivity index (χ2n) is 5.19. The highest BCUT2D eigenvalue weighted by Gasteiger charge is 2.26. The topological polar surface area (TPSA) is 20.2 Å². The molecule has 0 fully saturated rings. The first-order valence-electron chi connectivity index (χ1n) is 6.36. The summed E-state index contributed by atoms with van der Waals surface area (Å²) in [5.41, 5.74) is 3.56. The first-order chi connectivity index (χ1) is 8.65. The van der Waals surface area contributed by atoms with Gasteiger partial charge >= 0.3 is 0 Å². The van der Waals surface area contributed by atoms with Gasteiger partial charge in [0, 0.05) is 5.41 Å². The molecule has 0 bridgehead atoms. The Labute approximate surface area is 109 Å². The van der Waals surface area contributed by atoms with Crippen molar-refractivity contribution in [3.63, 3.8) is 0 Å². The summed E-state index contributed by atoms with van der Waals surface area (Å²) in [5.74, 6) is 0. The molecule has 0 saturated carbocycles. The zero-order valence-electron chi connectivity index (χ0n) is 11.1. The van der Waals surface area contributed by atoms with E-state index < -0.39 is 0 Å². The van der Waals surface area contributed by atoms with Gasteiger partial charge in [-0.1, -0.05) is 61.5 Å². The van der Waals surface area contributed by atoms with Crippen LogP contribution in [0.25, 0.3) is 0 Å². The quantitative estimate of drug-likeness (QED) is 0.867. The molecular weight excluding hydrogens is 220 g/mol. The molecule has 0 aliphatic carbocycles. The lowest BCUT2D eigenvalue weighted by atomic mass is 9.77. The van der Waals surface area contributed by atoms with Crippen LogP contribution in [0.5, 0.6) is 0 Å². The molecule has 18 heavy (non-hydrogen) atoms. The maximum atomic E-state index is 9.79. The summed E-state index contributed by atoms with van der Waals surface area (Å²) in [6.45, 7) is 4.40. The molecule has 1 heteroatoms. The molecule has 1 nitrogen and oxygen atoms in total. The van der Waals surface area contributed by atoms with Gasteiger partial charge in [-0.25, -0.2) is 0 Å². The number of aliphatic hydroxyl groups excluding tert-OH is 1. The number of hydrogen-bond acceptors (Lipinski definition) is 1. The van der Waals surface area contributed by atoms with Crippen LogP contribution in [0.3, 0.4) is 0 Å². The Bertz CT molecular complexity index is 504. The van der Waals surface area contributed by atoms with Crippen LogP contribution in [-0.2, 0) is 11.8 Å². The standard InChI is InChI=1S/C17H20O/c1-14-8-6-7-9-15(14)12-17(2,13-18)16-10-4-3-5-11-16/h3-11,18H,12-13H2,1-2H3. The van der Waals surface area contributed by atoms with Crippen molar-refractivity contribution in [1.82, 2.24) is 0 Å². The van der Waals surface area contributed by atoms with E-state index in [9.17, 15) is 5.11 Å². The zero-order chi connectivity index (χ0) is 13.0. The Balaban J connectivity index is 2.32. The van der Waals surface area contributed by atoms with Crippen molar-refractivity contribution in [3.05, 3.63) is 71.3 Å². The normalized spacial score (nSPS) is 14.2. The van der Waals surface area contributed by atoms with Gasteiger partial charge in [-0.2, -0.15) is 0 Å². The zero-order valence-corrected chi connectivity index (χ0v) is 11.1. The van der Waals surface area contributed by atoms with E-state index in [0.29, 0.717) is 0 Å². The van der Waals surface area contributed by atoms with Crippen molar-refractivity contribution in [1.29, 1.82) is 0 Å². The average molecular weight is 240 g/mol. The SMILES string of the molecule is Cc1ccccc1CC(C)(CO)c1ccccc1. The van der Waals surface area contributed by atoms with Crippen LogP contribution in [0.2, 0.25) is 0 Å². The third-order valence-corrected chi connectivity index (χ3v) is 3.66. The molecule has 0 aliphatic heterocycles. The maximum Gasteiger partial charge on any atom is 0.0528 e. The van der Waals surface area contributed by atoms with E-state index in [1.807, 2.05) is 18.2 Å². The number of hydrogen-bond donors (Lipinski definition) is 1. The molecule has 1 atom stereocenters. The summed E-state index contributed by atoms with van der Waals surface area (Å²) < 4.78 is 0. The summed E-state index contributed by atoms with van der Waals surface area (Å²) in [4.78, 5) is 0. The van der Waals surface area contributed by atoms with Gasteiger partial charge in [-0.15, -0.1) is 0 Å². The van der Waals surface area contributed by atoms with Crippen molar-refractivity contribution < 1.29 is 5.11 Å². The van der Waals surface area contributed by atoms with Gasteiger partial charge in [0.05, 0.1) is 6.61 Å². The Morgan fingerprint density at radius 3 is 2.17 bits per heavy atom. The highest BCUT2D eigenvalue weighted by molar-refractivity contribution is 5.32. The molecule has 1 N–H and O–H groups in total. The number of rotatable bonds is 4. The predicted octanol–water partition coefficient (Wildman–Crippen LogP) is 3.49.